The molecule has 4 rings (SSSR count). The van der Waals surface area contributed by atoms with E-state index in [1.165, 1.54) is 23.8 Å². The quantitative estimate of drug-likeness (QED) is 0.376. The number of nitrogens with zero attached hydrogens (tertiary/aromatic N) is 2. The first-order chi connectivity index (χ1) is 17.2. The molecule has 0 aliphatic carbocycles. The van der Waals surface area contributed by atoms with Gasteiger partial charge in [0.25, 0.3) is 5.56 Å². The third-order valence-electron chi connectivity index (χ3n) is 5.88. The maximum absolute atomic E-state index is 13.7. The molecule has 1 aliphatic rings. The number of carbonyl (C=O) groups is 2. The third kappa shape index (κ3) is 5.09. The molecule has 1 aromatic heterocycles. The van der Waals surface area contributed by atoms with Gasteiger partial charge in [-0.25, -0.2) is 9.79 Å². The SMILES string of the molecule is CCOC(=O)C1=C(C)N=c2s/c(=C\c3ccc(OC(C)=O)cc3)c(=O)n2[C@H]1c1ccc(C(C)C)cc1. The maximum Gasteiger partial charge on any atom is 0.338 e. The molecule has 0 N–H and O–H groups in total. The number of carbonyl (C=O) groups excluding carboxylic acids is 2. The van der Waals surface area contributed by atoms with E-state index in [0.29, 0.717) is 32.3 Å². The molecule has 0 saturated carbocycles. The monoisotopic (exact) mass is 504 g/mol. The van der Waals surface area contributed by atoms with Crippen molar-refractivity contribution in [1.29, 1.82) is 0 Å². The predicted octanol–water partition coefficient (Wildman–Crippen LogP) is 3.85. The van der Waals surface area contributed by atoms with Crippen LogP contribution in [0.4, 0.5) is 0 Å². The highest BCUT2D eigenvalue weighted by molar-refractivity contribution is 7.07. The lowest BCUT2D eigenvalue weighted by Crippen LogP contribution is -2.39. The van der Waals surface area contributed by atoms with Crippen molar-refractivity contribution >= 4 is 29.4 Å². The lowest BCUT2D eigenvalue weighted by atomic mass is 9.93. The van der Waals surface area contributed by atoms with Crippen molar-refractivity contribution in [3.05, 3.63) is 96.2 Å². The van der Waals surface area contributed by atoms with Gasteiger partial charge in [-0.2, -0.15) is 0 Å². The molecular weight excluding hydrogens is 476 g/mol. The van der Waals surface area contributed by atoms with Crippen molar-refractivity contribution in [3.63, 3.8) is 0 Å². The van der Waals surface area contributed by atoms with Crippen LogP contribution in [-0.4, -0.2) is 23.1 Å². The number of esters is 2. The van der Waals surface area contributed by atoms with E-state index in [0.717, 1.165) is 11.1 Å². The Labute approximate surface area is 213 Å². The molecule has 2 aromatic carbocycles. The number of hydrogen-bond acceptors (Lipinski definition) is 7. The molecule has 1 aliphatic heterocycles. The molecule has 3 aromatic rings. The summed E-state index contributed by atoms with van der Waals surface area (Å²) in [6.07, 6.45) is 1.77. The zero-order valence-electron chi connectivity index (χ0n) is 20.9. The summed E-state index contributed by atoms with van der Waals surface area (Å²) in [6.45, 7) is 9.32. The second kappa shape index (κ2) is 10.5. The average molecular weight is 505 g/mol. The number of allylic oxidation sites excluding steroid dienone is 1. The van der Waals surface area contributed by atoms with Gasteiger partial charge in [-0.1, -0.05) is 61.6 Å². The zero-order chi connectivity index (χ0) is 26.0. The van der Waals surface area contributed by atoms with Crippen molar-refractivity contribution in [3.8, 4) is 5.75 Å². The van der Waals surface area contributed by atoms with E-state index in [1.54, 1.807) is 48.8 Å². The van der Waals surface area contributed by atoms with Gasteiger partial charge in [-0.3, -0.25) is 14.2 Å². The molecule has 0 amide bonds. The lowest BCUT2D eigenvalue weighted by molar-refractivity contribution is -0.139. The molecule has 0 spiro atoms. The van der Waals surface area contributed by atoms with Crippen molar-refractivity contribution in [2.45, 2.75) is 46.6 Å². The first kappa shape index (κ1) is 25.3. The Kier molecular flexibility index (Phi) is 7.35. The van der Waals surface area contributed by atoms with Crippen LogP contribution in [0.25, 0.3) is 6.08 Å². The van der Waals surface area contributed by atoms with Crippen LogP contribution in [0.15, 0.2) is 69.6 Å². The van der Waals surface area contributed by atoms with Crippen LogP contribution in [0.1, 0.15) is 63.3 Å². The average Bonchev–Trinajstić information content (AvgIpc) is 3.13. The van der Waals surface area contributed by atoms with Crippen molar-refractivity contribution < 1.29 is 19.1 Å². The predicted molar refractivity (Wildman–Crippen MR) is 139 cm³/mol. The van der Waals surface area contributed by atoms with E-state index in [2.05, 4.69) is 18.8 Å². The van der Waals surface area contributed by atoms with Gasteiger partial charge in [0, 0.05) is 6.92 Å². The number of fused-ring (bicyclic) bond motifs is 1. The Morgan fingerprint density at radius 1 is 1.11 bits per heavy atom. The Bertz CT molecular complexity index is 1510. The summed E-state index contributed by atoms with van der Waals surface area (Å²) in [5.74, 6) is -0.0898. The van der Waals surface area contributed by atoms with Crippen LogP contribution in [0.5, 0.6) is 5.75 Å². The Hall–Kier alpha value is -3.78. The van der Waals surface area contributed by atoms with E-state index >= 15 is 0 Å². The molecule has 8 heteroatoms. The van der Waals surface area contributed by atoms with Gasteiger partial charge in [0.1, 0.15) is 5.75 Å². The van der Waals surface area contributed by atoms with Crippen LogP contribution in [0.2, 0.25) is 0 Å². The fourth-order valence-corrected chi connectivity index (χ4v) is 5.17. The second-order valence-corrected chi connectivity index (χ2v) is 9.80. The van der Waals surface area contributed by atoms with Crippen LogP contribution in [-0.2, 0) is 14.3 Å². The highest BCUT2D eigenvalue weighted by Crippen LogP contribution is 2.31. The van der Waals surface area contributed by atoms with Crippen molar-refractivity contribution in [1.82, 2.24) is 4.57 Å². The standard InChI is InChI=1S/C28H28N2O5S/c1-6-34-27(33)24-17(4)29-28-30(25(24)21-11-9-20(10-12-21)16(2)3)26(32)23(36-28)15-19-7-13-22(14-8-19)35-18(5)31/h7-16,25H,6H2,1-5H3/b23-15-/t25-/m0/s1. The normalized spacial score (nSPS) is 15.5. The van der Waals surface area contributed by atoms with Crippen LogP contribution >= 0.6 is 11.3 Å². The van der Waals surface area contributed by atoms with Gasteiger partial charge in [0.05, 0.1) is 28.5 Å². The van der Waals surface area contributed by atoms with Gasteiger partial charge >= 0.3 is 11.9 Å². The Morgan fingerprint density at radius 2 is 1.78 bits per heavy atom. The molecular formula is C28H28N2O5S. The summed E-state index contributed by atoms with van der Waals surface area (Å²) < 4.78 is 12.5. The minimum absolute atomic E-state index is 0.225. The summed E-state index contributed by atoms with van der Waals surface area (Å²) in [5.41, 5.74) is 3.41. The summed E-state index contributed by atoms with van der Waals surface area (Å²) in [4.78, 5) is 43.0. The van der Waals surface area contributed by atoms with Gasteiger partial charge in [0.2, 0.25) is 0 Å². The number of benzene rings is 2. The summed E-state index contributed by atoms with van der Waals surface area (Å²) in [5, 5.41) is 0. The first-order valence-electron chi connectivity index (χ1n) is 11.8. The van der Waals surface area contributed by atoms with Crippen molar-refractivity contribution in [2.75, 3.05) is 6.61 Å². The molecule has 0 unspecified atom stereocenters. The van der Waals surface area contributed by atoms with Gasteiger partial charge < -0.3 is 9.47 Å². The van der Waals surface area contributed by atoms with E-state index in [1.807, 2.05) is 24.3 Å². The molecule has 7 nitrogen and oxygen atoms in total. The number of ether oxygens (including phenoxy) is 2. The van der Waals surface area contributed by atoms with Crippen molar-refractivity contribution in [2.24, 2.45) is 4.99 Å². The van der Waals surface area contributed by atoms with Gasteiger partial charge in [-0.15, -0.1) is 0 Å². The Morgan fingerprint density at radius 3 is 2.36 bits per heavy atom. The number of hydrogen-bond donors (Lipinski definition) is 0. The molecule has 0 radical (unpaired) electrons. The number of aromatic nitrogens is 1. The third-order valence-corrected chi connectivity index (χ3v) is 6.86. The van der Waals surface area contributed by atoms with E-state index in [-0.39, 0.29) is 12.2 Å². The fraction of sp³-hybridized carbons (Fsp3) is 0.286. The topological polar surface area (TPSA) is 87.0 Å². The molecule has 2 heterocycles. The van der Waals surface area contributed by atoms with Gasteiger partial charge in [-0.05, 0) is 54.7 Å². The Balaban J connectivity index is 1.85. The summed E-state index contributed by atoms with van der Waals surface area (Å²) in [7, 11) is 0. The van der Waals surface area contributed by atoms with E-state index in [9.17, 15) is 14.4 Å². The number of rotatable bonds is 6. The molecule has 186 valence electrons. The summed E-state index contributed by atoms with van der Waals surface area (Å²) >= 11 is 1.27. The molecule has 36 heavy (non-hydrogen) atoms. The fourth-order valence-electron chi connectivity index (χ4n) is 4.12. The first-order valence-corrected chi connectivity index (χ1v) is 12.6. The summed E-state index contributed by atoms with van der Waals surface area (Å²) in [6, 6.07) is 14.2. The molecule has 0 fully saturated rings. The highest BCUT2D eigenvalue weighted by atomic mass is 32.1. The highest BCUT2D eigenvalue weighted by Gasteiger charge is 2.33. The van der Waals surface area contributed by atoms with E-state index < -0.39 is 18.0 Å². The smallest absolute Gasteiger partial charge is 0.338 e. The lowest BCUT2D eigenvalue weighted by Gasteiger charge is -2.25. The molecule has 0 saturated heterocycles. The number of thiazole rings is 1. The van der Waals surface area contributed by atoms with Crippen LogP contribution in [0, 0.1) is 0 Å². The van der Waals surface area contributed by atoms with E-state index in [4.69, 9.17) is 9.47 Å². The molecule has 1 atom stereocenters. The zero-order valence-corrected chi connectivity index (χ0v) is 21.7. The minimum Gasteiger partial charge on any atom is -0.463 e. The van der Waals surface area contributed by atoms with Gasteiger partial charge in [0.15, 0.2) is 4.80 Å². The maximum atomic E-state index is 13.7. The second-order valence-electron chi connectivity index (χ2n) is 8.79. The van der Waals surface area contributed by atoms with Crippen LogP contribution < -0.4 is 19.6 Å². The largest absolute Gasteiger partial charge is 0.463 e. The molecule has 0 bridgehead atoms. The van der Waals surface area contributed by atoms with Crippen LogP contribution in [0.3, 0.4) is 0 Å². The minimum atomic E-state index is -0.644.